The van der Waals surface area contributed by atoms with Crippen molar-refractivity contribution in [2.75, 3.05) is 0 Å². The number of rotatable bonds is 5. The summed E-state index contributed by atoms with van der Waals surface area (Å²) in [6.45, 7) is 0. The summed E-state index contributed by atoms with van der Waals surface area (Å²) in [5.74, 6) is 0. The van der Waals surface area contributed by atoms with Gasteiger partial charge in [-0.05, 0) is 65.2 Å². The Morgan fingerprint density at radius 1 is 0.457 bits per heavy atom. The Bertz CT molecular complexity index is 2580. The molecule has 3 nitrogen and oxygen atoms in total. The van der Waals surface area contributed by atoms with Crippen LogP contribution in [-0.4, -0.2) is 4.98 Å². The Labute approximate surface area is 269 Å². The molecule has 0 aliphatic carbocycles. The van der Waals surface area contributed by atoms with Crippen LogP contribution in [-0.2, 0) is 4.57 Å². The molecule has 218 valence electrons. The maximum atomic E-state index is 15.0. The number of pyridine rings is 1. The summed E-state index contributed by atoms with van der Waals surface area (Å²) < 4.78 is 23.9. The number of hydrogen-bond donors (Lipinski definition) is 0. The third-order valence-electron chi connectivity index (χ3n) is 8.84. The zero-order valence-electron chi connectivity index (χ0n) is 24.6. The van der Waals surface area contributed by atoms with Crippen molar-refractivity contribution < 1.29 is 8.98 Å². The van der Waals surface area contributed by atoms with Gasteiger partial charge in [-0.15, -0.1) is 11.3 Å². The minimum atomic E-state index is -3.15. The van der Waals surface area contributed by atoms with Gasteiger partial charge in [0.05, 0.1) is 0 Å². The molecule has 0 fully saturated rings. The van der Waals surface area contributed by atoms with Crippen LogP contribution in [0.15, 0.2) is 162 Å². The molecule has 3 aromatic heterocycles. The van der Waals surface area contributed by atoms with Crippen molar-refractivity contribution in [3.8, 4) is 22.3 Å². The highest BCUT2D eigenvalue weighted by atomic mass is 32.1. The zero-order chi connectivity index (χ0) is 30.7. The SMILES string of the molecule is O=P(c1ccccc1)(c1ccccc1)c1cncc(-c2ccc3oc4ccc(-c5ccc6sc7ccccc7c6c5)cc4c3c2)c1. The number of fused-ring (bicyclic) bond motifs is 6. The third-order valence-corrected chi connectivity index (χ3v) is 13.0. The minimum Gasteiger partial charge on any atom is -0.456 e. The Balaban J connectivity index is 1.16. The van der Waals surface area contributed by atoms with E-state index in [1.54, 1.807) is 6.20 Å². The molecule has 46 heavy (non-hydrogen) atoms. The van der Waals surface area contributed by atoms with E-state index in [4.69, 9.17) is 4.42 Å². The lowest BCUT2D eigenvalue weighted by molar-refractivity contribution is 0.592. The van der Waals surface area contributed by atoms with Crippen molar-refractivity contribution in [3.05, 3.63) is 158 Å². The number of nitrogens with zero attached hydrogens (tertiary/aromatic N) is 1. The summed E-state index contributed by atoms with van der Waals surface area (Å²) in [7, 11) is -3.15. The van der Waals surface area contributed by atoms with Gasteiger partial charge in [-0.3, -0.25) is 4.98 Å². The van der Waals surface area contributed by atoms with Gasteiger partial charge in [-0.1, -0.05) is 97.1 Å². The number of thiophene rings is 1. The lowest BCUT2D eigenvalue weighted by Crippen LogP contribution is -2.25. The van der Waals surface area contributed by atoms with Gasteiger partial charge in [0.1, 0.15) is 11.2 Å². The van der Waals surface area contributed by atoms with Crippen LogP contribution < -0.4 is 15.9 Å². The van der Waals surface area contributed by atoms with Crippen LogP contribution in [0.3, 0.4) is 0 Å². The molecular weight excluding hydrogens is 601 g/mol. The van der Waals surface area contributed by atoms with E-state index < -0.39 is 7.14 Å². The minimum absolute atomic E-state index is 0.707. The fourth-order valence-electron chi connectivity index (χ4n) is 6.52. The maximum absolute atomic E-state index is 15.0. The molecule has 0 bridgehead atoms. The summed E-state index contributed by atoms with van der Waals surface area (Å²) in [4.78, 5) is 4.61. The predicted molar refractivity (Wildman–Crippen MR) is 195 cm³/mol. The zero-order valence-corrected chi connectivity index (χ0v) is 26.3. The highest BCUT2D eigenvalue weighted by Gasteiger charge is 2.30. The second-order valence-electron chi connectivity index (χ2n) is 11.5. The van der Waals surface area contributed by atoms with Gasteiger partial charge in [-0.25, -0.2) is 0 Å². The molecule has 0 radical (unpaired) electrons. The first kappa shape index (κ1) is 27.1. The molecule has 6 aromatic carbocycles. The molecule has 3 heterocycles. The molecule has 0 unspecified atom stereocenters. The molecule has 0 aliphatic rings. The van der Waals surface area contributed by atoms with E-state index in [1.807, 2.05) is 90.3 Å². The molecule has 0 amide bonds. The first-order valence-electron chi connectivity index (χ1n) is 15.2. The molecule has 0 atom stereocenters. The Morgan fingerprint density at radius 2 is 1.00 bits per heavy atom. The topological polar surface area (TPSA) is 43.1 Å². The predicted octanol–water partition coefficient (Wildman–Crippen LogP) is 10.3. The number of hydrogen-bond acceptors (Lipinski definition) is 4. The lowest BCUT2D eigenvalue weighted by atomic mass is 9.99. The van der Waals surface area contributed by atoms with Gasteiger partial charge >= 0.3 is 0 Å². The molecule has 0 aliphatic heterocycles. The Morgan fingerprint density at radius 3 is 1.67 bits per heavy atom. The van der Waals surface area contributed by atoms with Gasteiger partial charge in [0, 0.05) is 64.8 Å². The van der Waals surface area contributed by atoms with Crippen molar-refractivity contribution in [2.45, 2.75) is 0 Å². The fourth-order valence-corrected chi connectivity index (χ4v) is 10.2. The van der Waals surface area contributed by atoms with Crippen LogP contribution in [0.25, 0.3) is 64.4 Å². The first-order chi connectivity index (χ1) is 22.6. The standard InChI is InChI=1S/C41H26NO2PS/c43-45(31-9-3-1-4-10-31,32-11-5-2-6-12-32)33-21-30(25-42-26-33)29-16-19-39-36(23-29)35-22-27(15-18-38(35)44-39)28-17-20-41-37(24-28)34-13-7-8-14-40(34)46-41/h1-26H. The Hall–Kier alpha value is -5.28. The molecule has 0 saturated carbocycles. The van der Waals surface area contributed by atoms with Crippen molar-refractivity contribution in [1.82, 2.24) is 4.98 Å². The van der Waals surface area contributed by atoms with Crippen LogP contribution in [0, 0.1) is 0 Å². The van der Waals surface area contributed by atoms with E-state index in [1.165, 1.54) is 25.7 Å². The van der Waals surface area contributed by atoms with E-state index in [2.05, 4.69) is 77.8 Å². The van der Waals surface area contributed by atoms with Crippen molar-refractivity contribution in [2.24, 2.45) is 0 Å². The summed E-state index contributed by atoms with van der Waals surface area (Å²) in [6.07, 6.45) is 3.59. The maximum Gasteiger partial charge on any atom is 0.172 e. The Kier molecular flexibility index (Phi) is 6.28. The van der Waals surface area contributed by atoms with Crippen molar-refractivity contribution in [3.63, 3.8) is 0 Å². The third kappa shape index (κ3) is 4.34. The molecule has 0 N–H and O–H groups in total. The number of aromatic nitrogens is 1. The van der Waals surface area contributed by atoms with E-state index in [-0.39, 0.29) is 0 Å². The van der Waals surface area contributed by atoms with Crippen LogP contribution in [0.4, 0.5) is 0 Å². The van der Waals surface area contributed by atoms with E-state index >= 15 is 4.57 Å². The average molecular weight is 628 g/mol. The first-order valence-corrected chi connectivity index (χ1v) is 17.7. The average Bonchev–Trinajstić information content (AvgIpc) is 3.69. The van der Waals surface area contributed by atoms with E-state index in [0.29, 0.717) is 5.30 Å². The van der Waals surface area contributed by atoms with Gasteiger partial charge in [0.25, 0.3) is 0 Å². The monoisotopic (exact) mass is 627 g/mol. The quantitative estimate of drug-likeness (QED) is 0.178. The molecule has 0 saturated heterocycles. The van der Waals surface area contributed by atoms with Crippen molar-refractivity contribution >= 4 is 76.5 Å². The van der Waals surface area contributed by atoms with Crippen LogP contribution in [0.1, 0.15) is 0 Å². The van der Waals surface area contributed by atoms with Gasteiger partial charge < -0.3 is 8.98 Å². The van der Waals surface area contributed by atoms with Gasteiger partial charge in [0.2, 0.25) is 0 Å². The van der Waals surface area contributed by atoms with Crippen LogP contribution in [0.5, 0.6) is 0 Å². The van der Waals surface area contributed by atoms with Crippen LogP contribution in [0.2, 0.25) is 0 Å². The molecule has 9 aromatic rings. The fraction of sp³-hybridized carbons (Fsp3) is 0. The normalized spacial score (nSPS) is 12.0. The smallest absolute Gasteiger partial charge is 0.172 e. The molecule has 9 rings (SSSR count). The summed E-state index contributed by atoms with van der Waals surface area (Å²) >= 11 is 1.83. The second kappa shape index (κ2) is 10.7. The van der Waals surface area contributed by atoms with E-state index in [0.717, 1.165) is 49.2 Å². The summed E-state index contributed by atoms with van der Waals surface area (Å²) in [5.41, 5.74) is 5.91. The summed E-state index contributed by atoms with van der Waals surface area (Å²) in [6, 6.07) is 49.5. The van der Waals surface area contributed by atoms with E-state index in [9.17, 15) is 0 Å². The van der Waals surface area contributed by atoms with Crippen molar-refractivity contribution in [1.29, 1.82) is 0 Å². The lowest BCUT2D eigenvalue weighted by Gasteiger charge is -2.20. The number of benzene rings is 6. The van der Waals surface area contributed by atoms with Crippen LogP contribution >= 0.6 is 18.5 Å². The van der Waals surface area contributed by atoms with Gasteiger partial charge in [-0.2, -0.15) is 0 Å². The highest BCUT2D eigenvalue weighted by molar-refractivity contribution is 7.85. The number of furan rings is 1. The molecular formula is C41H26NO2PS. The highest BCUT2D eigenvalue weighted by Crippen LogP contribution is 2.43. The largest absolute Gasteiger partial charge is 0.456 e. The molecule has 5 heteroatoms. The molecule has 0 spiro atoms. The summed E-state index contributed by atoms with van der Waals surface area (Å²) in [5, 5.41) is 6.97. The van der Waals surface area contributed by atoms with Gasteiger partial charge in [0.15, 0.2) is 7.14 Å². The second-order valence-corrected chi connectivity index (χ2v) is 15.4.